The number of anilines is 2. The van der Waals surface area contributed by atoms with Crippen LogP contribution < -0.4 is 10.6 Å². The van der Waals surface area contributed by atoms with Crippen LogP contribution in [0.25, 0.3) is 0 Å². The minimum atomic E-state index is -0.380. The summed E-state index contributed by atoms with van der Waals surface area (Å²) in [7, 11) is 0. The Labute approximate surface area is 127 Å². The lowest BCUT2D eigenvalue weighted by molar-refractivity contribution is -0.384. The third-order valence-electron chi connectivity index (χ3n) is 3.85. The first-order valence-corrected chi connectivity index (χ1v) is 7.13. The largest absolute Gasteiger partial charge is 0.399 e. The van der Waals surface area contributed by atoms with Gasteiger partial charge in [0, 0.05) is 24.8 Å². The molecule has 1 saturated heterocycles. The molecule has 0 amide bonds. The first-order chi connectivity index (χ1) is 10.5. The van der Waals surface area contributed by atoms with Crippen molar-refractivity contribution in [2.24, 2.45) is 0 Å². The summed E-state index contributed by atoms with van der Waals surface area (Å²) < 4.78 is 5.24. The summed E-state index contributed by atoms with van der Waals surface area (Å²) in [6, 6.07) is 4.65. The number of nitro groups is 1. The number of aryl methyl sites for hydroxylation is 1. The Morgan fingerprint density at radius 1 is 1.50 bits per heavy atom. The van der Waals surface area contributed by atoms with Gasteiger partial charge in [-0.25, -0.2) is 0 Å². The smallest absolute Gasteiger partial charge is 0.292 e. The maximum absolute atomic E-state index is 11.2. The van der Waals surface area contributed by atoms with Crippen molar-refractivity contribution in [1.29, 1.82) is 0 Å². The second-order valence-corrected chi connectivity index (χ2v) is 5.47. The molecule has 0 unspecified atom stereocenters. The molecular weight excluding hydrogens is 286 g/mol. The molecule has 22 heavy (non-hydrogen) atoms. The third kappa shape index (κ3) is 2.72. The minimum absolute atomic E-state index is 0.0663. The standard InChI is InChI=1S/C14H17N5O3/c1-9-16-14(22-17-9)10-3-2-6-18(8-10)13-7-11(15)4-5-12(13)19(20)21/h4-5,7,10H,2-3,6,8,15H2,1H3/t10-/m1/s1. The summed E-state index contributed by atoms with van der Waals surface area (Å²) in [5, 5.41) is 15.0. The molecule has 0 spiro atoms. The van der Waals surface area contributed by atoms with Crippen molar-refractivity contribution in [3.63, 3.8) is 0 Å². The molecule has 2 aromatic rings. The number of hydrogen-bond acceptors (Lipinski definition) is 7. The normalized spacial score (nSPS) is 18.4. The molecule has 8 heteroatoms. The maximum atomic E-state index is 11.2. The average Bonchev–Trinajstić information content (AvgIpc) is 2.93. The molecule has 3 rings (SSSR count). The molecule has 0 bridgehead atoms. The number of hydrogen-bond donors (Lipinski definition) is 1. The Morgan fingerprint density at radius 2 is 2.32 bits per heavy atom. The van der Waals surface area contributed by atoms with Gasteiger partial charge in [-0.2, -0.15) is 4.98 Å². The van der Waals surface area contributed by atoms with E-state index in [-0.39, 0.29) is 16.5 Å². The van der Waals surface area contributed by atoms with E-state index in [1.807, 2.05) is 4.90 Å². The van der Waals surface area contributed by atoms with Crippen LogP contribution >= 0.6 is 0 Å². The van der Waals surface area contributed by atoms with Crippen LogP contribution in [-0.4, -0.2) is 28.2 Å². The molecule has 1 aliphatic heterocycles. The van der Waals surface area contributed by atoms with Crippen molar-refractivity contribution in [3.8, 4) is 0 Å². The van der Waals surface area contributed by atoms with Crippen molar-refractivity contribution in [2.75, 3.05) is 23.7 Å². The highest BCUT2D eigenvalue weighted by Gasteiger charge is 2.29. The predicted octanol–water partition coefficient (Wildman–Crippen LogP) is 2.25. The lowest BCUT2D eigenvalue weighted by Crippen LogP contribution is -2.35. The van der Waals surface area contributed by atoms with Gasteiger partial charge in [-0.15, -0.1) is 0 Å². The fourth-order valence-electron chi connectivity index (χ4n) is 2.82. The minimum Gasteiger partial charge on any atom is -0.399 e. The van der Waals surface area contributed by atoms with Crippen LogP contribution in [-0.2, 0) is 0 Å². The monoisotopic (exact) mass is 303 g/mol. The number of nitrogens with zero attached hydrogens (tertiary/aromatic N) is 4. The summed E-state index contributed by atoms with van der Waals surface area (Å²) >= 11 is 0. The Bertz CT molecular complexity index is 700. The zero-order valence-electron chi connectivity index (χ0n) is 12.2. The summed E-state index contributed by atoms with van der Waals surface area (Å²) in [6.45, 7) is 3.12. The van der Waals surface area contributed by atoms with Gasteiger partial charge in [0.2, 0.25) is 5.89 Å². The zero-order chi connectivity index (χ0) is 15.7. The van der Waals surface area contributed by atoms with Crippen molar-refractivity contribution in [1.82, 2.24) is 10.1 Å². The second kappa shape index (κ2) is 5.63. The molecule has 0 saturated carbocycles. The first-order valence-electron chi connectivity index (χ1n) is 7.13. The van der Waals surface area contributed by atoms with Gasteiger partial charge in [0.1, 0.15) is 5.69 Å². The molecule has 1 aromatic carbocycles. The Kier molecular flexibility index (Phi) is 3.66. The number of aromatic nitrogens is 2. The highest BCUT2D eigenvalue weighted by molar-refractivity contribution is 5.69. The van der Waals surface area contributed by atoms with Crippen LogP contribution in [0.1, 0.15) is 30.5 Å². The Morgan fingerprint density at radius 3 is 3.00 bits per heavy atom. The van der Waals surface area contributed by atoms with Gasteiger partial charge >= 0.3 is 0 Å². The van der Waals surface area contributed by atoms with E-state index in [1.165, 1.54) is 6.07 Å². The molecule has 1 atom stereocenters. The van der Waals surface area contributed by atoms with Gasteiger partial charge in [0.25, 0.3) is 5.69 Å². The fraction of sp³-hybridized carbons (Fsp3) is 0.429. The lowest BCUT2D eigenvalue weighted by Gasteiger charge is -2.32. The number of piperidine rings is 1. The molecule has 0 aliphatic carbocycles. The van der Waals surface area contributed by atoms with E-state index in [4.69, 9.17) is 10.3 Å². The van der Waals surface area contributed by atoms with Crippen molar-refractivity contribution in [3.05, 3.63) is 40.0 Å². The molecule has 2 heterocycles. The van der Waals surface area contributed by atoms with E-state index in [9.17, 15) is 10.1 Å². The van der Waals surface area contributed by atoms with Gasteiger partial charge in [-0.05, 0) is 31.9 Å². The van der Waals surface area contributed by atoms with Crippen LogP contribution in [0.4, 0.5) is 17.1 Å². The fourth-order valence-corrected chi connectivity index (χ4v) is 2.82. The van der Waals surface area contributed by atoms with E-state index in [2.05, 4.69) is 10.1 Å². The molecule has 1 fully saturated rings. The predicted molar refractivity (Wildman–Crippen MR) is 80.7 cm³/mol. The topological polar surface area (TPSA) is 111 Å². The van der Waals surface area contributed by atoms with Crippen LogP contribution in [0.3, 0.4) is 0 Å². The molecule has 0 radical (unpaired) electrons. The first kappa shape index (κ1) is 14.3. The van der Waals surface area contributed by atoms with Gasteiger partial charge in [-0.1, -0.05) is 5.16 Å². The van der Waals surface area contributed by atoms with E-state index in [1.54, 1.807) is 19.1 Å². The van der Waals surface area contributed by atoms with Crippen molar-refractivity contribution >= 4 is 17.1 Å². The number of rotatable bonds is 3. The average molecular weight is 303 g/mol. The van der Waals surface area contributed by atoms with Gasteiger partial charge in [-0.3, -0.25) is 10.1 Å². The molecule has 2 N–H and O–H groups in total. The second-order valence-electron chi connectivity index (χ2n) is 5.47. The van der Waals surface area contributed by atoms with Gasteiger partial charge in [0.15, 0.2) is 5.82 Å². The zero-order valence-corrected chi connectivity index (χ0v) is 12.2. The molecule has 1 aliphatic rings. The van der Waals surface area contributed by atoms with Gasteiger partial charge in [0.05, 0.1) is 10.8 Å². The summed E-state index contributed by atoms with van der Waals surface area (Å²) in [5.74, 6) is 1.27. The number of nitro benzene ring substituents is 1. The van der Waals surface area contributed by atoms with Crippen LogP contribution in [0.2, 0.25) is 0 Å². The maximum Gasteiger partial charge on any atom is 0.292 e. The van der Waals surface area contributed by atoms with Crippen molar-refractivity contribution < 1.29 is 9.45 Å². The van der Waals surface area contributed by atoms with E-state index in [0.717, 1.165) is 19.4 Å². The third-order valence-corrected chi connectivity index (χ3v) is 3.85. The SMILES string of the molecule is Cc1noc([C@@H]2CCCN(c3cc(N)ccc3[N+](=O)[O-])C2)n1. The number of benzene rings is 1. The van der Waals surface area contributed by atoms with Crippen molar-refractivity contribution in [2.45, 2.75) is 25.7 Å². The lowest BCUT2D eigenvalue weighted by atomic mass is 9.97. The van der Waals surface area contributed by atoms with Crippen LogP contribution in [0, 0.1) is 17.0 Å². The number of nitrogens with two attached hydrogens (primary N) is 1. The summed E-state index contributed by atoms with van der Waals surface area (Å²) in [5.41, 5.74) is 6.92. The van der Waals surface area contributed by atoms with E-state index >= 15 is 0 Å². The molecular formula is C14H17N5O3. The van der Waals surface area contributed by atoms with Gasteiger partial charge < -0.3 is 15.2 Å². The van der Waals surface area contributed by atoms with Crippen LogP contribution in [0.15, 0.2) is 22.7 Å². The van der Waals surface area contributed by atoms with Crippen LogP contribution in [0.5, 0.6) is 0 Å². The Balaban J connectivity index is 1.89. The quantitative estimate of drug-likeness (QED) is 0.525. The Hall–Kier alpha value is -2.64. The number of nitrogen functional groups attached to an aromatic ring is 1. The highest BCUT2D eigenvalue weighted by Crippen LogP contribution is 2.35. The molecule has 8 nitrogen and oxygen atoms in total. The van der Waals surface area contributed by atoms with E-state index < -0.39 is 0 Å². The highest BCUT2D eigenvalue weighted by atomic mass is 16.6. The summed E-state index contributed by atoms with van der Waals surface area (Å²) in [4.78, 5) is 17.1. The summed E-state index contributed by atoms with van der Waals surface area (Å²) in [6.07, 6.45) is 1.83. The molecule has 116 valence electrons. The van der Waals surface area contributed by atoms with E-state index in [0.29, 0.717) is 29.6 Å². The molecule has 1 aromatic heterocycles.